The molecule has 0 fully saturated rings. The van der Waals surface area contributed by atoms with E-state index in [0.717, 1.165) is 10.1 Å². The molecule has 164 valence electrons. The third-order valence-electron chi connectivity index (χ3n) is 4.66. The van der Waals surface area contributed by atoms with Crippen molar-refractivity contribution in [3.8, 4) is 11.5 Å². The Morgan fingerprint density at radius 1 is 1.10 bits per heavy atom. The van der Waals surface area contributed by atoms with E-state index in [1.807, 2.05) is 0 Å². The predicted molar refractivity (Wildman–Crippen MR) is 103 cm³/mol. The molecule has 6 nitrogen and oxygen atoms in total. The highest BCUT2D eigenvalue weighted by Crippen LogP contribution is 2.31. The number of alkyl halides is 3. The van der Waals surface area contributed by atoms with E-state index < -0.39 is 31.1 Å². The van der Waals surface area contributed by atoms with Gasteiger partial charge in [-0.3, -0.25) is 9.59 Å². The molecule has 0 aliphatic heterocycles. The van der Waals surface area contributed by atoms with Gasteiger partial charge < -0.3 is 18.8 Å². The number of aryl methyl sites for hydroxylation is 2. The Morgan fingerprint density at radius 3 is 2.40 bits per heavy atom. The zero-order valence-corrected chi connectivity index (χ0v) is 17.3. The van der Waals surface area contributed by atoms with Gasteiger partial charge in [-0.15, -0.1) is 0 Å². The summed E-state index contributed by atoms with van der Waals surface area (Å²) >= 11 is 0. The van der Waals surface area contributed by atoms with E-state index in [9.17, 15) is 22.8 Å². The highest BCUT2D eigenvalue weighted by molar-refractivity contribution is 5.99. The Kier molecular flexibility index (Phi) is 7.53. The molecule has 0 bridgehead atoms. The summed E-state index contributed by atoms with van der Waals surface area (Å²) in [5, 5.41) is 0. The highest BCUT2D eigenvalue weighted by atomic mass is 19.4. The molecule has 0 unspecified atom stereocenters. The average Bonchev–Trinajstić information content (AvgIpc) is 2.96. The number of ketones is 1. The second-order valence-corrected chi connectivity index (χ2v) is 6.72. The van der Waals surface area contributed by atoms with Crippen molar-refractivity contribution < 1.29 is 37.0 Å². The summed E-state index contributed by atoms with van der Waals surface area (Å²) in [6, 6.07) is 6.66. The molecule has 1 heterocycles. The Hall–Kier alpha value is -2.97. The van der Waals surface area contributed by atoms with E-state index in [1.165, 1.54) is 34.1 Å². The maximum absolute atomic E-state index is 12.7. The van der Waals surface area contributed by atoms with Crippen molar-refractivity contribution >= 4 is 11.8 Å². The van der Waals surface area contributed by atoms with Crippen molar-refractivity contribution in [3.05, 3.63) is 46.8 Å². The van der Waals surface area contributed by atoms with Crippen LogP contribution in [0.5, 0.6) is 11.5 Å². The van der Waals surface area contributed by atoms with Crippen LogP contribution >= 0.6 is 0 Å². The number of methoxy groups -OCH3 is 2. The van der Waals surface area contributed by atoms with E-state index in [-0.39, 0.29) is 17.7 Å². The summed E-state index contributed by atoms with van der Waals surface area (Å²) in [6.07, 6.45) is -4.08. The van der Waals surface area contributed by atoms with Crippen LogP contribution < -0.4 is 9.47 Å². The van der Waals surface area contributed by atoms with Gasteiger partial charge in [0, 0.05) is 23.4 Å². The van der Waals surface area contributed by atoms with Gasteiger partial charge in [-0.2, -0.15) is 13.2 Å². The van der Waals surface area contributed by atoms with Crippen LogP contribution in [0.1, 0.15) is 33.7 Å². The number of halogens is 3. The van der Waals surface area contributed by atoms with E-state index in [1.54, 1.807) is 18.2 Å². The van der Waals surface area contributed by atoms with E-state index >= 15 is 0 Å². The van der Waals surface area contributed by atoms with Crippen LogP contribution in [0.15, 0.2) is 24.3 Å². The van der Waals surface area contributed by atoms with Gasteiger partial charge in [0.05, 0.1) is 14.2 Å². The zero-order valence-electron chi connectivity index (χ0n) is 17.3. The lowest BCUT2D eigenvalue weighted by Crippen LogP contribution is -2.20. The van der Waals surface area contributed by atoms with Crippen LogP contribution in [0.2, 0.25) is 0 Å². The summed E-state index contributed by atoms with van der Waals surface area (Å²) in [7, 11) is 3.00. The fraction of sp³-hybridized carbons (Fsp3) is 0.429. The monoisotopic (exact) mass is 427 g/mol. The third kappa shape index (κ3) is 5.77. The number of esters is 1. The molecule has 0 amide bonds. The average molecular weight is 427 g/mol. The number of Topliss-reactive ketones (excluding diaryl/α,β-unsaturated/α-hetero) is 1. The Labute approximate surface area is 172 Å². The maximum Gasteiger partial charge on any atom is 0.406 e. The third-order valence-corrected chi connectivity index (χ3v) is 4.66. The van der Waals surface area contributed by atoms with Gasteiger partial charge in [0.1, 0.15) is 6.54 Å². The van der Waals surface area contributed by atoms with Crippen LogP contribution in [0, 0.1) is 13.8 Å². The molecule has 0 spiro atoms. The summed E-state index contributed by atoms with van der Waals surface area (Å²) in [5.74, 6) is -0.102. The van der Waals surface area contributed by atoms with Crippen LogP contribution in [-0.4, -0.2) is 43.3 Å². The molecule has 30 heavy (non-hydrogen) atoms. The lowest BCUT2D eigenvalue weighted by molar-refractivity contribution is -0.142. The molecule has 1 aromatic carbocycles. The molecular formula is C21H24F3NO5. The number of nitrogens with zero attached hydrogens (tertiary/aromatic N) is 1. The summed E-state index contributed by atoms with van der Waals surface area (Å²) < 4.78 is 54.7. The van der Waals surface area contributed by atoms with Crippen molar-refractivity contribution in [2.45, 2.75) is 39.4 Å². The SMILES string of the molecule is COc1cccc(CCC(=O)OCC(=O)c2cc(C)n(CC(F)(F)F)c2C)c1OC. The molecule has 0 saturated heterocycles. The molecular weight excluding hydrogens is 403 g/mol. The number of hydrogen-bond acceptors (Lipinski definition) is 5. The Balaban J connectivity index is 1.96. The summed E-state index contributed by atoms with van der Waals surface area (Å²) in [6.45, 7) is 1.20. The molecule has 0 aliphatic carbocycles. The first-order chi connectivity index (χ1) is 14.1. The van der Waals surface area contributed by atoms with Crippen molar-refractivity contribution in [1.82, 2.24) is 4.57 Å². The number of para-hydroxylation sites is 1. The van der Waals surface area contributed by atoms with Crippen molar-refractivity contribution in [2.75, 3.05) is 20.8 Å². The number of carbonyl (C=O) groups excluding carboxylic acids is 2. The van der Waals surface area contributed by atoms with Gasteiger partial charge in [-0.25, -0.2) is 0 Å². The Morgan fingerprint density at radius 2 is 1.80 bits per heavy atom. The lowest BCUT2D eigenvalue weighted by Gasteiger charge is -2.13. The zero-order chi connectivity index (χ0) is 22.5. The lowest BCUT2D eigenvalue weighted by atomic mass is 10.1. The first kappa shape index (κ1) is 23.3. The van der Waals surface area contributed by atoms with E-state index in [4.69, 9.17) is 14.2 Å². The van der Waals surface area contributed by atoms with E-state index in [2.05, 4.69) is 0 Å². The molecule has 2 rings (SSSR count). The van der Waals surface area contributed by atoms with Gasteiger partial charge in [0.2, 0.25) is 5.78 Å². The van der Waals surface area contributed by atoms with Crippen LogP contribution in [0.3, 0.4) is 0 Å². The normalized spacial score (nSPS) is 11.3. The van der Waals surface area contributed by atoms with Crippen LogP contribution in [-0.2, 0) is 22.5 Å². The van der Waals surface area contributed by atoms with Gasteiger partial charge >= 0.3 is 12.1 Å². The van der Waals surface area contributed by atoms with Crippen molar-refractivity contribution in [3.63, 3.8) is 0 Å². The van der Waals surface area contributed by atoms with Crippen LogP contribution in [0.25, 0.3) is 0 Å². The fourth-order valence-corrected chi connectivity index (χ4v) is 3.19. The molecule has 0 N–H and O–H groups in total. The molecule has 0 radical (unpaired) electrons. The minimum absolute atomic E-state index is 0.00387. The standard InChI is InChI=1S/C21H24F3NO5/c1-13-10-16(14(2)25(13)12-21(22,23)24)17(26)11-30-19(27)9-8-15-6-5-7-18(28-3)20(15)29-4/h5-7,10H,8-9,11-12H2,1-4H3. The summed E-state index contributed by atoms with van der Waals surface area (Å²) in [5.41, 5.74) is 1.35. The largest absolute Gasteiger partial charge is 0.493 e. The predicted octanol–water partition coefficient (Wildman–Crippen LogP) is 4.04. The second kappa shape index (κ2) is 9.69. The number of rotatable bonds is 9. The van der Waals surface area contributed by atoms with Gasteiger partial charge in [-0.1, -0.05) is 12.1 Å². The smallest absolute Gasteiger partial charge is 0.406 e. The maximum atomic E-state index is 12.7. The minimum atomic E-state index is -4.40. The number of benzene rings is 1. The summed E-state index contributed by atoms with van der Waals surface area (Å²) in [4.78, 5) is 24.4. The highest BCUT2D eigenvalue weighted by Gasteiger charge is 2.30. The Bertz CT molecular complexity index is 918. The van der Waals surface area contributed by atoms with Gasteiger partial charge in [0.15, 0.2) is 18.1 Å². The van der Waals surface area contributed by atoms with Gasteiger partial charge in [-0.05, 0) is 38.0 Å². The molecule has 0 atom stereocenters. The number of ether oxygens (including phenoxy) is 3. The van der Waals surface area contributed by atoms with Crippen molar-refractivity contribution in [1.29, 1.82) is 0 Å². The fourth-order valence-electron chi connectivity index (χ4n) is 3.19. The number of carbonyl (C=O) groups is 2. The number of aromatic nitrogens is 1. The first-order valence-corrected chi connectivity index (χ1v) is 9.19. The second-order valence-electron chi connectivity index (χ2n) is 6.72. The van der Waals surface area contributed by atoms with E-state index in [0.29, 0.717) is 23.6 Å². The number of hydrogen-bond donors (Lipinski definition) is 0. The minimum Gasteiger partial charge on any atom is -0.493 e. The quantitative estimate of drug-likeness (QED) is 0.446. The molecule has 9 heteroatoms. The van der Waals surface area contributed by atoms with Gasteiger partial charge in [0.25, 0.3) is 0 Å². The molecule has 2 aromatic rings. The molecule has 0 saturated carbocycles. The topological polar surface area (TPSA) is 66.8 Å². The van der Waals surface area contributed by atoms with Crippen LogP contribution in [0.4, 0.5) is 13.2 Å². The first-order valence-electron chi connectivity index (χ1n) is 9.19. The molecule has 0 aliphatic rings. The molecule has 1 aromatic heterocycles. The van der Waals surface area contributed by atoms with Crippen molar-refractivity contribution in [2.24, 2.45) is 0 Å².